The molecule has 2 aromatic rings. The van der Waals surface area contributed by atoms with Crippen LogP contribution in [0.2, 0.25) is 0 Å². The number of aromatic nitrogens is 1. The third kappa shape index (κ3) is 2.54. The maximum Gasteiger partial charge on any atom is 0.136 e. The Morgan fingerprint density at radius 3 is 2.89 bits per heavy atom. The number of hydrogen-bond acceptors (Lipinski definition) is 4. The van der Waals surface area contributed by atoms with Gasteiger partial charge in [-0.3, -0.25) is 0 Å². The monoisotopic (exact) mass is 245 g/mol. The van der Waals surface area contributed by atoms with Crippen LogP contribution < -0.4 is 15.0 Å². The quantitative estimate of drug-likeness (QED) is 0.873. The first-order valence-electron chi connectivity index (χ1n) is 6.04. The molecule has 4 heteroatoms. The largest absolute Gasteiger partial charge is 0.497 e. The van der Waals surface area contributed by atoms with E-state index in [0.717, 1.165) is 35.4 Å². The molecule has 0 fully saturated rings. The molecule has 0 aliphatic heterocycles. The van der Waals surface area contributed by atoms with Gasteiger partial charge in [0, 0.05) is 31.7 Å². The van der Waals surface area contributed by atoms with Crippen LogP contribution in [-0.4, -0.2) is 39.3 Å². The van der Waals surface area contributed by atoms with Crippen molar-refractivity contribution in [2.75, 3.05) is 39.2 Å². The highest BCUT2D eigenvalue weighted by molar-refractivity contribution is 5.92. The number of likely N-dealkylation sites (N-methyl/N-ethyl adjacent to an activating group) is 2. The molecule has 0 amide bonds. The molecule has 0 bridgehead atoms. The van der Waals surface area contributed by atoms with Crippen molar-refractivity contribution < 1.29 is 4.74 Å². The Hall–Kier alpha value is -1.81. The molecule has 1 aromatic heterocycles. The molecule has 96 valence electrons. The molecule has 0 spiro atoms. The first-order valence-corrected chi connectivity index (χ1v) is 6.04. The van der Waals surface area contributed by atoms with E-state index in [0.29, 0.717) is 0 Å². The summed E-state index contributed by atoms with van der Waals surface area (Å²) in [7, 11) is 5.70. The molecule has 18 heavy (non-hydrogen) atoms. The fraction of sp³-hybridized carbons (Fsp3) is 0.357. The molecule has 0 atom stereocenters. The predicted molar refractivity (Wildman–Crippen MR) is 75.5 cm³/mol. The molecule has 4 nitrogen and oxygen atoms in total. The van der Waals surface area contributed by atoms with Crippen LogP contribution in [0.5, 0.6) is 5.75 Å². The van der Waals surface area contributed by atoms with Crippen molar-refractivity contribution in [3.05, 3.63) is 30.5 Å². The van der Waals surface area contributed by atoms with E-state index in [-0.39, 0.29) is 0 Å². The van der Waals surface area contributed by atoms with Crippen molar-refractivity contribution in [2.24, 2.45) is 0 Å². The predicted octanol–water partition coefficient (Wildman–Crippen LogP) is 1.90. The Balaban J connectivity index is 2.39. The Morgan fingerprint density at radius 2 is 2.17 bits per heavy atom. The van der Waals surface area contributed by atoms with Crippen LogP contribution in [0.15, 0.2) is 30.5 Å². The average Bonchev–Trinajstić information content (AvgIpc) is 2.43. The van der Waals surface area contributed by atoms with Crippen molar-refractivity contribution in [1.29, 1.82) is 0 Å². The summed E-state index contributed by atoms with van der Waals surface area (Å²) in [6, 6.07) is 8.07. The van der Waals surface area contributed by atoms with Gasteiger partial charge in [-0.05, 0) is 36.7 Å². The molecule has 0 aliphatic carbocycles. The van der Waals surface area contributed by atoms with Crippen molar-refractivity contribution in [1.82, 2.24) is 10.3 Å². The second-order valence-corrected chi connectivity index (χ2v) is 4.25. The summed E-state index contributed by atoms with van der Waals surface area (Å²) < 4.78 is 5.24. The van der Waals surface area contributed by atoms with Gasteiger partial charge in [0.2, 0.25) is 0 Å². The van der Waals surface area contributed by atoms with E-state index in [1.165, 1.54) is 0 Å². The van der Waals surface area contributed by atoms with Crippen LogP contribution in [-0.2, 0) is 0 Å². The highest BCUT2D eigenvalue weighted by Crippen LogP contribution is 2.26. The van der Waals surface area contributed by atoms with Gasteiger partial charge in [0.25, 0.3) is 0 Å². The molecule has 0 radical (unpaired) electrons. The molecular formula is C14H19N3O. The van der Waals surface area contributed by atoms with Crippen LogP contribution in [0.4, 0.5) is 5.82 Å². The molecule has 0 unspecified atom stereocenters. The Morgan fingerprint density at radius 1 is 1.33 bits per heavy atom. The van der Waals surface area contributed by atoms with Crippen molar-refractivity contribution in [2.45, 2.75) is 0 Å². The number of benzene rings is 1. The molecule has 2 rings (SSSR count). The molecule has 0 saturated heterocycles. The van der Waals surface area contributed by atoms with E-state index in [2.05, 4.69) is 28.3 Å². The lowest BCUT2D eigenvalue weighted by Gasteiger charge is -2.19. The second-order valence-electron chi connectivity index (χ2n) is 4.25. The van der Waals surface area contributed by atoms with Crippen LogP contribution in [0.1, 0.15) is 0 Å². The number of hydrogen-bond donors (Lipinski definition) is 1. The second kappa shape index (κ2) is 5.69. The number of nitrogens with zero attached hydrogens (tertiary/aromatic N) is 2. The minimum Gasteiger partial charge on any atom is -0.497 e. The Bertz CT molecular complexity index is 527. The normalized spacial score (nSPS) is 10.6. The number of fused-ring (bicyclic) bond motifs is 1. The number of nitrogens with one attached hydrogen (secondary N) is 1. The van der Waals surface area contributed by atoms with E-state index in [1.54, 1.807) is 7.11 Å². The minimum absolute atomic E-state index is 0.873. The zero-order valence-electron chi connectivity index (χ0n) is 11.1. The van der Waals surface area contributed by atoms with E-state index < -0.39 is 0 Å². The van der Waals surface area contributed by atoms with Crippen LogP contribution >= 0.6 is 0 Å². The van der Waals surface area contributed by atoms with Crippen LogP contribution in [0, 0.1) is 0 Å². The summed E-state index contributed by atoms with van der Waals surface area (Å²) in [6.07, 6.45) is 1.84. The summed E-state index contributed by atoms with van der Waals surface area (Å²) in [5.41, 5.74) is 0. The zero-order valence-corrected chi connectivity index (χ0v) is 11.1. The maximum atomic E-state index is 5.24. The minimum atomic E-state index is 0.873. The Labute approximate surface area is 108 Å². The third-order valence-corrected chi connectivity index (χ3v) is 3.01. The summed E-state index contributed by atoms with van der Waals surface area (Å²) in [5, 5.41) is 5.44. The van der Waals surface area contributed by atoms with Gasteiger partial charge in [-0.15, -0.1) is 0 Å². The fourth-order valence-electron chi connectivity index (χ4n) is 1.96. The van der Waals surface area contributed by atoms with E-state index in [4.69, 9.17) is 4.74 Å². The summed E-state index contributed by atoms with van der Waals surface area (Å²) >= 11 is 0. The van der Waals surface area contributed by atoms with Gasteiger partial charge in [0.05, 0.1) is 7.11 Å². The highest BCUT2D eigenvalue weighted by atomic mass is 16.5. The smallest absolute Gasteiger partial charge is 0.136 e. The fourth-order valence-corrected chi connectivity index (χ4v) is 1.96. The van der Waals surface area contributed by atoms with Gasteiger partial charge in [-0.25, -0.2) is 4.98 Å². The molecule has 1 N–H and O–H groups in total. The van der Waals surface area contributed by atoms with Gasteiger partial charge in [-0.2, -0.15) is 0 Å². The standard InChI is InChI=1S/C14H19N3O/c1-15-8-9-17(2)14-13-5-4-12(18-3)10-11(13)6-7-16-14/h4-7,10,15H,8-9H2,1-3H3. The van der Waals surface area contributed by atoms with Crippen molar-refractivity contribution in [3.63, 3.8) is 0 Å². The summed E-state index contributed by atoms with van der Waals surface area (Å²) in [5.74, 6) is 1.88. The van der Waals surface area contributed by atoms with Gasteiger partial charge in [-0.1, -0.05) is 0 Å². The summed E-state index contributed by atoms with van der Waals surface area (Å²) in [4.78, 5) is 6.63. The first-order chi connectivity index (χ1) is 8.76. The third-order valence-electron chi connectivity index (χ3n) is 3.01. The van der Waals surface area contributed by atoms with Gasteiger partial charge < -0.3 is 15.0 Å². The average molecular weight is 245 g/mol. The number of rotatable bonds is 5. The zero-order chi connectivity index (χ0) is 13.0. The number of anilines is 1. The van der Waals surface area contributed by atoms with Crippen molar-refractivity contribution >= 4 is 16.6 Å². The molecule has 1 heterocycles. The lowest BCUT2D eigenvalue weighted by Crippen LogP contribution is -2.27. The number of pyridine rings is 1. The van der Waals surface area contributed by atoms with E-state index in [1.807, 2.05) is 31.4 Å². The number of methoxy groups -OCH3 is 1. The molecule has 0 aliphatic rings. The van der Waals surface area contributed by atoms with Crippen LogP contribution in [0.3, 0.4) is 0 Å². The molecule has 0 saturated carbocycles. The van der Waals surface area contributed by atoms with E-state index >= 15 is 0 Å². The van der Waals surface area contributed by atoms with Gasteiger partial charge >= 0.3 is 0 Å². The lowest BCUT2D eigenvalue weighted by atomic mass is 10.1. The Kier molecular flexibility index (Phi) is 3.99. The summed E-state index contributed by atoms with van der Waals surface area (Å²) in [6.45, 7) is 1.86. The lowest BCUT2D eigenvalue weighted by molar-refractivity contribution is 0.415. The number of ether oxygens (including phenoxy) is 1. The first kappa shape index (κ1) is 12.6. The topological polar surface area (TPSA) is 37.4 Å². The van der Waals surface area contributed by atoms with Crippen LogP contribution in [0.25, 0.3) is 10.8 Å². The van der Waals surface area contributed by atoms with E-state index in [9.17, 15) is 0 Å². The molecular weight excluding hydrogens is 226 g/mol. The van der Waals surface area contributed by atoms with Crippen molar-refractivity contribution in [3.8, 4) is 5.75 Å². The molecule has 1 aromatic carbocycles. The van der Waals surface area contributed by atoms with Gasteiger partial charge in [0.1, 0.15) is 11.6 Å². The van der Waals surface area contributed by atoms with Gasteiger partial charge in [0.15, 0.2) is 0 Å². The maximum absolute atomic E-state index is 5.24. The highest BCUT2D eigenvalue weighted by Gasteiger charge is 2.07. The SMILES string of the molecule is CNCCN(C)c1nccc2cc(OC)ccc12.